The van der Waals surface area contributed by atoms with Gasteiger partial charge in [-0.1, -0.05) is 62.4 Å². The lowest BCUT2D eigenvalue weighted by Crippen LogP contribution is -2.50. The Balaban J connectivity index is 1.78. The molecule has 2 N–H and O–H groups in total. The molecule has 0 fully saturated rings. The first-order chi connectivity index (χ1) is 13.5. The van der Waals surface area contributed by atoms with Gasteiger partial charge in [-0.2, -0.15) is 0 Å². The molecule has 0 radical (unpaired) electrons. The predicted molar refractivity (Wildman–Crippen MR) is 111 cm³/mol. The summed E-state index contributed by atoms with van der Waals surface area (Å²) in [5.41, 5.74) is 1.98. The second kappa shape index (κ2) is 11.0. The van der Waals surface area contributed by atoms with Crippen LogP contribution in [0.5, 0.6) is 0 Å². The van der Waals surface area contributed by atoms with Crippen LogP contribution < -0.4 is 15.5 Å². The highest BCUT2D eigenvalue weighted by molar-refractivity contribution is 5.85. The van der Waals surface area contributed by atoms with E-state index in [1.807, 2.05) is 81.6 Å². The molecular formula is C22H29N3O3. The number of benzene rings is 2. The number of hydrogen-bond donors (Lipinski definition) is 2. The average Bonchev–Trinajstić information content (AvgIpc) is 2.71. The maximum Gasteiger partial charge on any atom is 0.408 e. The van der Waals surface area contributed by atoms with Crippen molar-refractivity contribution >= 4 is 17.7 Å². The van der Waals surface area contributed by atoms with Gasteiger partial charge in [-0.25, -0.2) is 4.79 Å². The third-order valence-electron chi connectivity index (χ3n) is 4.38. The number of likely N-dealkylation sites (N-methyl/N-ethyl adjacent to an activating group) is 1. The summed E-state index contributed by atoms with van der Waals surface area (Å²) in [6, 6.07) is 18.7. The lowest BCUT2D eigenvalue weighted by atomic mass is 10.0. The summed E-state index contributed by atoms with van der Waals surface area (Å²) in [7, 11) is 1.97. The second-order valence-corrected chi connectivity index (χ2v) is 6.98. The Kier molecular flexibility index (Phi) is 8.34. The van der Waals surface area contributed by atoms with Crippen LogP contribution in [-0.4, -0.2) is 38.2 Å². The zero-order valence-electron chi connectivity index (χ0n) is 16.7. The Labute approximate surface area is 166 Å². The normalized spacial score (nSPS) is 11.6. The van der Waals surface area contributed by atoms with Gasteiger partial charge in [0.05, 0.1) is 0 Å². The molecule has 0 saturated heterocycles. The van der Waals surface area contributed by atoms with Crippen molar-refractivity contribution in [2.24, 2.45) is 5.92 Å². The minimum Gasteiger partial charge on any atom is -0.445 e. The van der Waals surface area contributed by atoms with Crippen molar-refractivity contribution in [1.82, 2.24) is 10.6 Å². The highest BCUT2D eigenvalue weighted by Gasteiger charge is 2.24. The molecule has 0 unspecified atom stereocenters. The molecule has 2 rings (SSSR count). The van der Waals surface area contributed by atoms with Gasteiger partial charge in [0.15, 0.2) is 0 Å². The second-order valence-electron chi connectivity index (χ2n) is 6.98. The quantitative estimate of drug-likeness (QED) is 0.698. The van der Waals surface area contributed by atoms with Crippen molar-refractivity contribution in [2.45, 2.75) is 26.5 Å². The van der Waals surface area contributed by atoms with Gasteiger partial charge in [-0.05, 0) is 23.6 Å². The van der Waals surface area contributed by atoms with Gasteiger partial charge in [0.2, 0.25) is 5.91 Å². The minimum atomic E-state index is -0.648. The van der Waals surface area contributed by atoms with Crippen LogP contribution in [0.1, 0.15) is 19.4 Å². The molecule has 1 atom stereocenters. The maximum atomic E-state index is 12.5. The van der Waals surface area contributed by atoms with E-state index < -0.39 is 12.1 Å². The Morgan fingerprint density at radius 2 is 1.61 bits per heavy atom. The summed E-state index contributed by atoms with van der Waals surface area (Å²) in [4.78, 5) is 26.7. The summed E-state index contributed by atoms with van der Waals surface area (Å²) in [6.07, 6.45) is -0.598. The Morgan fingerprint density at radius 3 is 2.21 bits per heavy atom. The lowest BCUT2D eigenvalue weighted by Gasteiger charge is -2.23. The van der Waals surface area contributed by atoms with Crippen LogP contribution in [0, 0.1) is 5.92 Å². The average molecular weight is 383 g/mol. The molecule has 6 heteroatoms. The number of para-hydroxylation sites is 1. The number of ether oxygens (including phenoxy) is 1. The lowest BCUT2D eigenvalue weighted by molar-refractivity contribution is -0.124. The number of carbonyl (C=O) groups is 2. The molecule has 0 aliphatic rings. The molecule has 0 spiro atoms. The Morgan fingerprint density at radius 1 is 1.00 bits per heavy atom. The Bertz CT molecular complexity index is 735. The van der Waals surface area contributed by atoms with E-state index in [-0.39, 0.29) is 18.4 Å². The van der Waals surface area contributed by atoms with E-state index in [0.717, 1.165) is 11.3 Å². The van der Waals surface area contributed by atoms with Crippen LogP contribution >= 0.6 is 0 Å². The zero-order chi connectivity index (χ0) is 20.4. The van der Waals surface area contributed by atoms with E-state index in [1.165, 1.54) is 0 Å². The van der Waals surface area contributed by atoms with Gasteiger partial charge in [0, 0.05) is 25.8 Å². The standard InChI is InChI=1S/C22H29N3O3/c1-17(2)20(24-22(27)28-16-18-10-6-4-7-11-18)21(26)23-14-15-25(3)19-12-8-5-9-13-19/h4-13,17,20H,14-16H2,1-3H3,(H,23,26)(H,24,27)/t20-/m0/s1. The maximum absolute atomic E-state index is 12.5. The van der Waals surface area contributed by atoms with Crippen LogP contribution in [-0.2, 0) is 16.1 Å². The minimum absolute atomic E-state index is 0.0591. The number of alkyl carbamates (subject to hydrolysis) is 1. The number of anilines is 1. The number of carbonyl (C=O) groups excluding carboxylic acids is 2. The summed E-state index contributed by atoms with van der Waals surface area (Å²) < 4.78 is 5.22. The van der Waals surface area contributed by atoms with E-state index in [0.29, 0.717) is 13.1 Å². The van der Waals surface area contributed by atoms with Crippen molar-refractivity contribution in [2.75, 3.05) is 25.0 Å². The molecule has 0 heterocycles. The molecule has 0 saturated carbocycles. The van der Waals surface area contributed by atoms with Crippen LogP contribution in [0.4, 0.5) is 10.5 Å². The van der Waals surface area contributed by atoms with Crippen LogP contribution in [0.15, 0.2) is 60.7 Å². The number of rotatable bonds is 9. The van der Waals surface area contributed by atoms with Crippen LogP contribution in [0.3, 0.4) is 0 Å². The summed E-state index contributed by atoms with van der Waals surface area (Å²) in [5, 5.41) is 5.56. The highest BCUT2D eigenvalue weighted by atomic mass is 16.5. The van der Waals surface area contributed by atoms with E-state index >= 15 is 0 Å². The predicted octanol–water partition coefficient (Wildman–Crippen LogP) is 3.19. The third-order valence-corrected chi connectivity index (χ3v) is 4.38. The fraction of sp³-hybridized carbons (Fsp3) is 0.364. The largest absolute Gasteiger partial charge is 0.445 e. The highest BCUT2D eigenvalue weighted by Crippen LogP contribution is 2.10. The fourth-order valence-electron chi connectivity index (χ4n) is 2.70. The fourth-order valence-corrected chi connectivity index (χ4v) is 2.70. The van der Waals surface area contributed by atoms with E-state index in [1.54, 1.807) is 0 Å². The molecular weight excluding hydrogens is 354 g/mol. The first-order valence-electron chi connectivity index (χ1n) is 9.48. The SMILES string of the molecule is CC(C)[C@H](NC(=O)OCc1ccccc1)C(=O)NCCN(C)c1ccccc1. The van der Waals surface area contributed by atoms with E-state index in [2.05, 4.69) is 15.5 Å². The van der Waals surface area contributed by atoms with Gasteiger partial charge in [-0.15, -0.1) is 0 Å². The van der Waals surface area contributed by atoms with Crippen LogP contribution in [0.2, 0.25) is 0 Å². The van der Waals surface area contributed by atoms with Crippen molar-refractivity contribution in [3.05, 3.63) is 66.2 Å². The van der Waals surface area contributed by atoms with Crippen LogP contribution in [0.25, 0.3) is 0 Å². The number of nitrogens with one attached hydrogen (secondary N) is 2. The number of hydrogen-bond acceptors (Lipinski definition) is 4. The van der Waals surface area contributed by atoms with Gasteiger partial charge in [0.1, 0.15) is 12.6 Å². The van der Waals surface area contributed by atoms with Crippen molar-refractivity contribution in [1.29, 1.82) is 0 Å². The third kappa shape index (κ3) is 6.95. The summed E-state index contributed by atoms with van der Waals surface area (Å²) in [6.45, 7) is 5.09. The molecule has 2 aromatic rings. The first kappa shape index (κ1) is 21.3. The topological polar surface area (TPSA) is 70.7 Å². The first-order valence-corrected chi connectivity index (χ1v) is 9.48. The molecule has 6 nitrogen and oxygen atoms in total. The molecule has 150 valence electrons. The molecule has 0 aliphatic carbocycles. The molecule has 28 heavy (non-hydrogen) atoms. The monoisotopic (exact) mass is 383 g/mol. The Hall–Kier alpha value is -3.02. The van der Waals surface area contributed by atoms with Gasteiger partial charge < -0.3 is 20.3 Å². The van der Waals surface area contributed by atoms with Crippen molar-refractivity contribution in [3.63, 3.8) is 0 Å². The van der Waals surface area contributed by atoms with Gasteiger partial charge in [0.25, 0.3) is 0 Å². The smallest absolute Gasteiger partial charge is 0.408 e. The van der Waals surface area contributed by atoms with Gasteiger partial charge >= 0.3 is 6.09 Å². The summed E-state index contributed by atoms with van der Waals surface area (Å²) in [5.74, 6) is -0.274. The van der Waals surface area contributed by atoms with E-state index in [4.69, 9.17) is 4.74 Å². The molecule has 0 aromatic heterocycles. The van der Waals surface area contributed by atoms with Gasteiger partial charge in [-0.3, -0.25) is 4.79 Å². The molecule has 0 aliphatic heterocycles. The van der Waals surface area contributed by atoms with E-state index in [9.17, 15) is 9.59 Å². The zero-order valence-corrected chi connectivity index (χ0v) is 16.7. The van der Waals surface area contributed by atoms with Crippen molar-refractivity contribution < 1.29 is 14.3 Å². The summed E-state index contributed by atoms with van der Waals surface area (Å²) >= 11 is 0. The van der Waals surface area contributed by atoms with Crippen molar-refractivity contribution in [3.8, 4) is 0 Å². The molecule has 2 amide bonds. The number of nitrogens with zero attached hydrogens (tertiary/aromatic N) is 1. The number of amides is 2. The molecule has 0 bridgehead atoms. The molecule has 2 aromatic carbocycles.